The van der Waals surface area contributed by atoms with Gasteiger partial charge >= 0.3 is 29.2 Å². The molecule has 1 fully saturated rings. The molecule has 20 heteroatoms. The van der Waals surface area contributed by atoms with Crippen LogP contribution in [0.4, 0.5) is 0 Å². The number of ether oxygens (including phenoxy) is 1. The molecule has 1 aromatic heterocycles. The Kier molecular flexibility index (Phi) is 7.44. The van der Waals surface area contributed by atoms with Gasteiger partial charge in [-0.2, -0.15) is 8.62 Å². The van der Waals surface area contributed by atoms with Crippen molar-refractivity contribution >= 4 is 23.5 Å². The van der Waals surface area contributed by atoms with Crippen molar-refractivity contribution in [3.63, 3.8) is 0 Å². The number of aliphatic hydroxyl groups is 1. The second-order valence-electron chi connectivity index (χ2n) is 6.00. The minimum atomic E-state index is -5.75. The smallest absolute Gasteiger partial charge is 0.390 e. The number of aromatic nitrogens is 2. The number of hydrogen-bond donors (Lipinski definition) is 7. The quantitative estimate of drug-likeness (QED) is 0.153. The highest BCUT2D eigenvalue weighted by atomic mass is 31.3. The Labute approximate surface area is 166 Å². The predicted octanol–water partition coefficient (Wildman–Crippen LogP) is -1.88. The largest absolute Gasteiger partial charge is 0.490 e. The van der Waals surface area contributed by atoms with Crippen molar-refractivity contribution in [3.8, 4) is 0 Å². The van der Waals surface area contributed by atoms with Crippen LogP contribution in [-0.2, 0) is 31.6 Å². The van der Waals surface area contributed by atoms with Crippen molar-refractivity contribution in [1.82, 2.24) is 9.55 Å². The van der Waals surface area contributed by atoms with E-state index in [1.54, 1.807) is 0 Å². The standard InChI is InChI=1S/C10H18N3O14P3/c1-4-3-13(10(16)12-9(4)15)6-2-5(14)7(24-6)8(11)25-29(20,21)27-30(22,23)26-28(17,18)19/h3,5-8,14H,2,11H2,1H3,(H,20,21)(H,22,23)(H,12,15,16)(H2,17,18,19)/t5-,6+,7-,8?/m0/s1. The number of nitrogens with two attached hydrogens (primary N) is 1. The number of hydrogen-bond acceptors (Lipinski definition) is 11. The number of nitrogens with one attached hydrogen (secondary N) is 1. The summed E-state index contributed by atoms with van der Waals surface area (Å²) >= 11 is 0. The van der Waals surface area contributed by atoms with Gasteiger partial charge in [0.25, 0.3) is 5.56 Å². The van der Waals surface area contributed by atoms with E-state index in [9.17, 15) is 33.3 Å². The first-order valence-corrected chi connectivity index (χ1v) is 12.3. The Morgan fingerprint density at radius 1 is 1.20 bits per heavy atom. The first kappa shape index (κ1) is 25.2. The summed E-state index contributed by atoms with van der Waals surface area (Å²) < 4.78 is 51.4. The van der Waals surface area contributed by atoms with Gasteiger partial charge in [-0.3, -0.25) is 18.9 Å². The number of nitrogens with zero attached hydrogens (tertiary/aromatic N) is 1. The first-order valence-electron chi connectivity index (χ1n) is 7.73. The summed E-state index contributed by atoms with van der Waals surface area (Å²) in [6.45, 7) is 1.40. The number of phosphoric ester groups is 1. The maximum atomic E-state index is 11.9. The van der Waals surface area contributed by atoms with E-state index >= 15 is 0 Å². The molecule has 1 saturated heterocycles. The zero-order valence-electron chi connectivity index (χ0n) is 14.9. The molecule has 8 N–H and O–H groups in total. The van der Waals surface area contributed by atoms with Crippen LogP contribution in [-0.4, -0.2) is 52.7 Å². The zero-order valence-corrected chi connectivity index (χ0v) is 17.6. The van der Waals surface area contributed by atoms with Crippen LogP contribution in [0, 0.1) is 6.92 Å². The Morgan fingerprint density at radius 2 is 1.80 bits per heavy atom. The van der Waals surface area contributed by atoms with Gasteiger partial charge in [-0.05, 0) is 6.92 Å². The molecule has 1 aromatic rings. The fraction of sp³-hybridized carbons (Fsp3) is 0.600. The minimum absolute atomic E-state index is 0.147. The van der Waals surface area contributed by atoms with Crippen molar-refractivity contribution < 1.29 is 56.3 Å². The summed E-state index contributed by atoms with van der Waals surface area (Å²) in [6, 6.07) is 0. The molecule has 30 heavy (non-hydrogen) atoms. The predicted molar refractivity (Wildman–Crippen MR) is 93.5 cm³/mol. The highest BCUT2D eigenvalue weighted by Gasteiger charge is 2.46. The molecule has 0 amide bonds. The van der Waals surface area contributed by atoms with Gasteiger partial charge in [0.15, 0.2) is 0 Å². The number of aryl methyl sites for hydroxylation is 1. The number of rotatable bonds is 8. The highest BCUT2D eigenvalue weighted by molar-refractivity contribution is 7.66. The molecule has 2 heterocycles. The molecule has 17 nitrogen and oxygen atoms in total. The molecule has 0 bridgehead atoms. The van der Waals surface area contributed by atoms with Crippen LogP contribution in [0.2, 0.25) is 0 Å². The van der Waals surface area contributed by atoms with E-state index in [0.717, 1.165) is 10.8 Å². The van der Waals surface area contributed by atoms with Crippen molar-refractivity contribution in [1.29, 1.82) is 0 Å². The van der Waals surface area contributed by atoms with Crippen molar-refractivity contribution in [2.45, 2.75) is 38.0 Å². The molecule has 6 atom stereocenters. The number of aliphatic hydroxyl groups excluding tert-OH is 1. The maximum Gasteiger partial charge on any atom is 0.490 e. The third kappa shape index (κ3) is 6.73. The molecule has 0 saturated carbocycles. The van der Waals surface area contributed by atoms with E-state index < -0.39 is 59.4 Å². The van der Waals surface area contributed by atoms with Gasteiger partial charge < -0.3 is 35.2 Å². The molecule has 2 rings (SSSR count). The van der Waals surface area contributed by atoms with E-state index in [2.05, 4.69) is 13.1 Å². The van der Waals surface area contributed by atoms with Crippen molar-refractivity contribution in [2.75, 3.05) is 0 Å². The average Bonchev–Trinajstić information content (AvgIpc) is 2.88. The van der Waals surface area contributed by atoms with E-state index in [4.69, 9.17) is 25.2 Å². The van der Waals surface area contributed by atoms with Crippen molar-refractivity contribution in [2.24, 2.45) is 5.73 Å². The van der Waals surface area contributed by atoms with Gasteiger partial charge in [-0.15, -0.1) is 0 Å². The van der Waals surface area contributed by atoms with Gasteiger partial charge in [0.1, 0.15) is 18.6 Å². The fourth-order valence-electron chi connectivity index (χ4n) is 2.46. The number of H-pyrrole nitrogens is 1. The Morgan fingerprint density at radius 3 is 2.37 bits per heavy atom. The van der Waals surface area contributed by atoms with Crippen LogP contribution < -0.4 is 17.0 Å². The third-order valence-electron chi connectivity index (χ3n) is 3.59. The first-order chi connectivity index (χ1) is 13.5. The van der Waals surface area contributed by atoms with E-state index in [1.807, 2.05) is 4.98 Å². The molecule has 0 radical (unpaired) electrons. The van der Waals surface area contributed by atoms with Crippen LogP contribution in [0.1, 0.15) is 18.2 Å². The van der Waals surface area contributed by atoms with E-state index in [-0.39, 0.29) is 12.0 Å². The zero-order chi connectivity index (χ0) is 23.1. The van der Waals surface area contributed by atoms with Crippen LogP contribution >= 0.6 is 23.5 Å². The maximum absolute atomic E-state index is 11.9. The molecule has 0 aliphatic carbocycles. The molecule has 1 aliphatic rings. The summed E-state index contributed by atoms with van der Waals surface area (Å²) in [6.07, 6.45) is -5.27. The molecule has 3 unspecified atom stereocenters. The van der Waals surface area contributed by atoms with Gasteiger partial charge in [0.2, 0.25) is 0 Å². The summed E-state index contributed by atoms with van der Waals surface area (Å²) in [5.41, 5.74) is 4.14. The van der Waals surface area contributed by atoms with E-state index in [1.165, 1.54) is 6.92 Å². The van der Waals surface area contributed by atoms with Crippen LogP contribution in [0.25, 0.3) is 0 Å². The Hall–Kier alpha value is -1.03. The highest BCUT2D eigenvalue weighted by Crippen LogP contribution is 2.66. The lowest BCUT2D eigenvalue weighted by atomic mass is 10.1. The van der Waals surface area contributed by atoms with Crippen LogP contribution in [0.5, 0.6) is 0 Å². The lowest BCUT2D eigenvalue weighted by Gasteiger charge is -2.24. The molecular formula is C10H18N3O14P3. The monoisotopic (exact) mass is 497 g/mol. The third-order valence-corrected chi connectivity index (χ3v) is 7.42. The van der Waals surface area contributed by atoms with Gasteiger partial charge in [-0.1, -0.05) is 0 Å². The van der Waals surface area contributed by atoms with Crippen molar-refractivity contribution in [3.05, 3.63) is 32.6 Å². The summed E-state index contributed by atoms with van der Waals surface area (Å²) in [5.74, 6) is 0. The van der Waals surface area contributed by atoms with Gasteiger partial charge in [0.05, 0.1) is 6.10 Å². The number of aromatic amines is 1. The molecule has 172 valence electrons. The van der Waals surface area contributed by atoms with E-state index in [0.29, 0.717) is 0 Å². The second-order valence-corrected chi connectivity index (χ2v) is 10.4. The summed E-state index contributed by atoms with van der Waals surface area (Å²) in [7, 11) is -16.9. The Balaban J connectivity index is 2.11. The fourth-order valence-corrected chi connectivity index (χ4v) is 5.54. The number of phosphoric acid groups is 3. The molecular weight excluding hydrogens is 479 g/mol. The lowest BCUT2D eigenvalue weighted by molar-refractivity contribution is -0.0784. The minimum Gasteiger partial charge on any atom is -0.390 e. The van der Waals surface area contributed by atoms with Crippen LogP contribution in [0.15, 0.2) is 15.8 Å². The average molecular weight is 497 g/mol. The summed E-state index contributed by atoms with van der Waals surface area (Å²) in [5, 5.41) is 10.1. The SMILES string of the molecule is Cc1cn([C@H]2C[C@H](O)[C@@H](C(N)OP(=O)(O)OP(=O)(O)OP(=O)(O)O)O2)c(=O)[nH]c1=O. The Bertz CT molecular complexity index is 1050. The lowest BCUT2D eigenvalue weighted by Crippen LogP contribution is -2.42. The second kappa shape index (κ2) is 8.84. The van der Waals surface area contributed by atoms with Gasteiger partial charge in [0, 0.05) is 18.2 Å². The summed E-state index contributed by atoms with van der Waals surface area (Å²) in [4.78, 5) is 60.9. The molecule has 1 aliphatic heterocycles. The topological polar surface area (TPSA) is 270 Å². The normalized spacial score (nSPS) is 27.4. The molecule has 0 aromatic carbocycles. The van der Waals surface area contributed by atoms with Crippen LogP contribution in [0.3, 0.4) is 0 Å². The molecule has 0 spiro atoms. The van der Waals surface area contributed by atoms with Gasteiger partial charge in [-0.25, -0.2) is 18.5 Å².